The van der Waals surface area contributed by atoms with E-state index in [0.29, 0.717) is 16.5 Å². The first-order valence-corrected chi connectivity index (χ1v) is 6.09. The fourth-order valence-corrected chi connectivity index (χ4v) is 2.57. The number of phenolic OH excluding ortho intramolecular Hbond substituents is 1. The van der Waals surface area contributed by atoms with E-state index in [9.17, 15) is 5.11 Å². The maximum Gasteiger partial charge on any atom is 0.134 e. The summed E-state index contributed by atoms with van der Waals surface area (Å²) in [6.45, 7) is 4.61. The van der Waals surface area contributed by atoms with Crippen molar-refractivity contribution in [3.63, 3.8) is 0 Å². The van der Waals surface area contributed by atoms with Crippen LogP contribution >= 0.6 is 11.6 Å². The van der Waals surface area contributed by atoms with Gasteiger partial charge in [-0.15, -0.1) is 0 Å². The zero-order valence-corrected chi connectivity index (χ0v) is 10.5. The molecule has 1 aliphatic carbocycles. The van der Waals surface area contributed by atoms with Gasteiger partial charge in [-0.25, -0.2) is 0 Å². The molecule has 2 rings (SSSR count). The lowest BCUT2D eigenvalue weighted by molar-refractivity contribution is 0.378. The number of phenols is 1. The topological polar surface area (TPSA) is 32.3 Å². The Morgan fingerprint density at radius 3 is 2.75 bits per heavy atom. The molecule has 2 nitrogen and oxygen atoms in total. The van der Waals surface area contributed by atoms with Crippen LogP contribution in [0.25, 0.3) is 0 Å². The summed E-state index contributed by atoms with van der Waals surface area (Å²) >= 11 is 5.87. The molecule has 0 spiro atoms. The van der Waals surface area contributed by atoms with Gasteiger partial charge < -0.3 is 10.4 Å². The van der Waals surface area contributed by atoms with Gasteiger partial charge in [0.15, 0.2) is 0 Å². The van der Waals surface area contributed by atoms with E-state index in [0.717, 1.165) is 5.69 Å². The molecule has 2 N–H and O–H groups in total. The average molecular weight is 240 g/mol. The number of halogens is 1. The number of benzene rings is 1. The van der Waals surface area contributed by atoms with Crippen LogP contribution in [-0.4, -0.2) is 11.1 Å². The van der Waals surface area contributed by atoms with Gasteiger partial charge in [0.05, 0.1) is 5.02 Å². The van der Waals surface area contributed by atoms with Gasteiger partial charge in [-0.1, -0.05) is 25.4 Å². The summed E-state index contributed by atoms with van der Waals surface area (Å²) in [6, 6.07) is 5.80. The highest BCUT2D eigenvalue weighted by Crippen LogP contribution is 2.38. The molecule has 0 aromatic heterocycles. The highest BCUT2D eigenvalue weighted by molar-refractivity contribution is 6.32. The van der Waals surface area contributed by atoms with Gasteiger partial charge >= 0.3 is 0 Å². The predicted molar refractivity (Wildman–Crippen MR) is 68.2 cm³/mol. The summed E-state index contributed by atoms with van der Waals surface area (Å²) < 4.78 is 0. The summed E-state index contributed by atoms with van der Waals surface area (Å²) in [7, 11) is 0. The van der Waals surface area contributed by atoms with Gasteiger partial charge in [0.2, 0.25) is 0 Å². The summed E-state index contributed by atoms with van der Waals surface area (Å²) in [5, 5.41) is 13.2. The minimum absolute atomic E-state index is 0.138. The molecule has 88 valence electrons. The van der Waals surface area contributed by atoms with E-state index in [-0.39, 0.29) is 5.75 Å². The average Bonchev–Trinajstić information content (AvgIpc) is 2.52. The first-order chi connectivity index (χ1) is 7.46. The van der Waals surface area contributed by atoms with E-state index >= 15 is 0 Å². The van der Waals surface area contributed by atoms with E-state index in [1.165, 1.54) is 19.3 Å². The summed E-state index contributed by atoms with van der Waals surface area (Å²) in [4.78, 5) is 0. The molecule has 1 aromatic rings. The van der Waals surface area contributed by atoms with Crippen molar-refractivity contribution in [1.29, 1.82) is 0 Å². The highest BCUT2D eigenvalue weighted by atomic mass is 35.5. The lowest BCUT2D eigenvalue weighted by atomic mass is 9.92. The quantitative estimate of drug-likeness (QED) is 0.764. The van der Waals surface area contributed by atoms with E-state index in [1.807, 2.05) is 6.07 Å². The van der Waals surface area contributed by atoms with Gasteiger partial charge in [0.1, 0.15) is 5.75 Å². The second kappa shape index (κ2) is 4.17. The van der Waals surface area contributed by atoms with Crippen LogP contribution in [0.15, 0.2) is 18.2 Å². The van der Waals surface area contributed by atoms with Crippen LogP contribution in [0.2, 0.25) is 5.02 Å². The first kappa shape index (κ1) is 11.6. The van der Waals surface area contributed by atoms with Gasteiger partial charge in [-0.2, -0.15) is 0 Å². The fourth-order valence-electron chi connectivity index (χ4n) is 2.39. The van der Waals surface area contributed by atoms with Crippen LogP contribution in [-0.2, 0) is 0 Å². The third-order valence-electron chi connectivity index (χ3n) is 3.29. The van der Waals surface area contributed by atoms with Crippen molar-refractivity contribution in [2.75, 3.05) is 5.32 Å². The molecule has 0 bridgehead atoms. The van der Waals surface area contributed by atoms with Crippen molar-refractivity contribution in [3.8, 4) is 5.75 Å². The molecule has 16 heavy (non-hydrogen) atoms. The molecule has 0 saturated heterocycles. The Morgan fingerprint density at radius 1 is 1.44 bits per heavy atom. The van der Waals surface area contributed by atoms with Crippen LogP contribution in [0, 0.1) is 5.41 Å². The first-order valence-electron chi connectivity index (χ1n) is 5.71. The monoisotopic (exact) mass is 239 g/mol. The lowest BCUT2D eigenvalue weighted by Gasteiger charge is -2.18. The Balaban J connectivity index is 2.02. The van der Waals surface area contributed by atoms with Crippen molar-refractivity contribution in [1.82, 2.24) is 0 Å². The number of anilines is 1. The van der Waals surface area contributed by atoms with Crippen molar-refractivity contribution in [3.05, 3.63) is 23.2 Å². The van der Waals surface area contributed by atoms with Gasteiger partial charge in [0, 0.05) is 11.7 Å². The summed E-state index contributed by atoms with van der Waals surface area (Å²) in [5.74, 6) is 0.138. The molecule has 0 radical (unpaired) electrons. The molecule has 1 aromatic carbocycles. The molecule has 1 unspecified atom stereocenters. The fraction of sp³-hybridized carbons (Fsp3) is 0.538. The second-order valence-electron chi connectivity index (χ2n) is 5.41. The zero-order valence-electron chi connectivity index (χ0n) is 9.76. The molecule has 0 heterocycles. The number of nitrogens with one attached hydrogen (secondary N) is 1. The molecular weight excluding hydrogens is 222 g/mol. The van der Waals surface area contributed by atoms with Crippen LogP contribution in [0.3, 0.4) is 0 Å². The maximum absolute atomic E-state index is 9.33. The zero-order chi connectivity index (χ0) is 11.8. The van der Waals surface area contributed by atoms with Gasteiger partial charge in [-0.05, 0) is 42.9 Å². The predicted octanol–water partition coefficient (Wildman–Crippen LogP) is 4.04. The third-order valence-corrected chi connectivity index (χ3v) is 3.59. The highest BCUT2D eigenvalue weighted by Gasteiger charge is 2.30. The number of rotatable bonds is 2. The van der Waals surface area contributed by atoms with E-state index in [4.69, 9.17) is 11.6 Å². The number of hydrogen-bond acceptors (Lipinski definition) is 2. The minimum Gasteiger partial charge on any atom is -0.506 e. The summed E-state index contributed by atoms with van der Waals surface area (Å²) in [6.07, 6.45) is 3.65. The van der Waals surface area contributed by atoms with Crippen LogP contribution < -0.4 is 5.32 Å². The third kappa shape index (κ3) is 2.62. The molecule has 1 saturated carbocycles. The van der Waals surface area contributed by atoms with Gasteiger partial charge in [-0.3, -0.25) is 0 Å². The maximum atomic E-state index is 9.33. The Labute approximate surface area is 102 Å². The second-order valence-corrected chi connectivity index (χ2v) is 5.82. The van der Waals surface area contributed by atoms with Crippen molar-refractivity contribution >= 4 is 17.3 Å². The Morgan fingerprint density at radius 2 is 2.19 bits per heavy atom. The molecule has 1 aliphatic rings. The Bertz CT molecular complexity index is 390. The molecule has 0 aliphatic heterocycles. The van der Waals surface area contributed by atoms with Gasteiger partial charge in [0.25, 0.3) is 0 Å². The number of hydrogen-bond donors (Lipinski definition) is 2. The van der Waals surface area contributed by atoms with Crippen molar-refractivity contribution in [2.24, 2.45) is 5.41 Å². The van der Waals surface area contributed by atoms with Crippen LogP contribution in [0.5, 0.6) is 5.75 Å². The Hall–Kier alpha value is -0.890. The molecule has 0 amide bonds. The lowest BCUT2D eigenvalue weighted by Crippen LogP contribution is -2.17. The number of aromatic hydroxyl groups is 1. The molecular formula is C13H18ClNO. The van der Waals surface area contributed by atoms with Crippen LogP contribution in [0.4, 0.5) is 5.69 Å². The molecule has 1 atom stereocenters. The van der Waals surface area contributed by atoms with E-state index in [2.05, 4.69) is 19.2 Å². The molecule has 1 fully saturated rings. The minimum atomic E-state index is 0.138. The van der Waals surface area contributed by atoms with E-state index in [1.54, 1.807) is 12.1 Å². The SMILES string of the molecule is CC1(C)CCC(Nc2ccc(O)c(Cl)c2)C1. The van der Waals surface area contributed by atoms with Crippen molar-refractivity contribution < 1.29 is 5.11 Å². The normalized spacial score (nSPS) is 23.3. The van der Waals surface area contributed by atoms with E-state index < -0.39 is 0 Å². The Kier molecular flexibility index (Phi) is 3.02. The summed E-state index contributed by atoms with van der Waals surface area (Å²) in [5.41, 5.74) is 1.43. The van der Waals surface area contributed by atoms with Crippen LogP contribution in [0.1, 0.15) is 33.1 Å². The largest absolute Gasteiger partial charge is 0.506 e. The van der Waals surface area contributed by atoms with Crippen molar-refractivity contribution in [2.45, 2.75) is 39.2 Å². The smallest absolute Gasteiger partial charge is 0.134 e. The standard InChI is InChI=1S/C13H18ClNO/c1-13(2)6-5-10(8-13)15-9-3-4-12(16)11(14)7-9/h3-4,7,10,15-16H,5-6,8H2,1-2H3. The molecule has 3 heteroatoms.